The van der Waals surface area contributed by atoms with Crippen LogP contribution in [0.3, 0.4) is 0 Å². The van der Waals surface area contributed by atoms with Gasteiger partial charge in [0, 0.05) is 24.9 Å². The van der Waals surface area contributed by atoms with E-state index in [1.807, 2.05) is 13.8 Å². The maximum absolute atomic E-state index is 13.5. The monoisotopic (exact) mass is 418 g/mol. The van der Waals surface area contributed by atoms with Gasteiger partial charge in [0.1, 0.15) is 17.4 Å². The number of benzene rings is 1. The van der Waals surface area contributed by atoms with Crippen molar-refractivity contribution < 1.29 is 17.0 Å². The van der Waals surface area contributed by atoms with Crippen molar-refractivity contribution in [3.8, 4) is 5.75 Å². The Balaban J connectivity index is 2.13. The van der Waals surface area contributed by atoms with Crippen molar-refractivity contribution in [2.24, 2.45) is 5.73 Å². The van der Waals surface area contributed by atoms with Gasteiger partial charge in [0.15, 0.2) is 5.03 Å². The van der Waals surface area contributed by atoms with E-state index in [-0.39, 0.29) is 23.2 Å². The van der Waals surface area contributed by atoms with Crippen LogP contribution >= 0.6 is 0 Å². The Morgan fingerprint density at radius 1 is 1.21 bits per heavy atom. The quantitative estimate of drug-likeness (QED) is 0.565. The molecule has 29 heavy (non-hydrogen) atoms. The van der Waals surface area contributed by atoms with E-state index in [4.69, 9.17) is 9.92 Å². The molecule has 9 heteroatoms. The number of nitrogens with two attached hydrogens (primary N) is 1. The summed E-state index contributed by atoms with van der Waals surface area (Å²) in [4.78, 5) is 8.55. The number of hydrogen-bond acceptors (Lipinski definition) is 6. The minimum atomic E-state index is -4.28. The van der Waals surface area contributed by atoms with Crippen molar-refractivity contribution in [3.05, 3.63) is 71.7 Å². The van der Waals surface area contributed by atoms with Crippen molar-refractivity contribution >= 4 is 10.1 Å². The lowest BCUT2D eigenvalue weighted by atomic mass is 10.1. The molecule has 3 rings (SSSR count). The van der Waals surface area contributed by atoms with Gasteiger partial charge in [0.25, 0.3) is 0 Å². The standard InChI is InChI=1S/C20H23FN4O3S/c1-14(2)19-20(29(26,27)28-17-5-3-4-16(21)12-17)25(18(24-19)6-9-22)13-15-7-10-23-11-8-15/h3-5,7-8,10-12,14H,6,9,13,22H2,1-2H3. The van der Waals surface area contributed by atoms with Gasteiger partial charge in [-0.1, -0.05) is 19.9 Å². The maximum atomic E-state index is 13.5. The first-order valence-electron chi connectivity index (χ1n) is 9.20. The molecule has 154 valence electrons. The molecule has 0 unspecified atom stereocenters. The first-order valence-corrected chi connectivity index (χ1v) is 10.6. The van der Waals surface area contributed by atoms with Crippen molar-refractivity contribution in [2.75, 3.05) is 6.54 Å². The molecular formula is C20H23FN4O3S. The van der Waals surface area contributed by atoms with Crippen molar-refractivity contribution in [2.45, 2.75) is 37.8 Å². The molecule has 2 aromatic heterocycles. The minimum Gasteiger partial charge on any atom is -0.378 e. The van der Waals surface area contributed by atoms with Gasteiger partial charge in [-0.15, -0.1) is 0 Å². The molecule has 0 atom stereocenters. The van der Waals surface area contributed by atoms with Gasteiger partial charge >= 0.3 is 10.1 Å². The highest BCUT2D eigenvalue weighted by Crippen LogP contribution is 2.29. The topological polar surface area (TPSA) is 100 Å². The maximum Gasteiger partial charge on any atom is 0.357 e. The van der Waals surface area contributed by atoms with Crippen molar-refractivity contribution in [1.29, 1.82) is 0 Å². The van der Waals surface area contributed by atoms with Gasteiger partial charge in [-0.05, 0) is 42.3 Å². The van der Waals surface area contributed by atoms with E-state index in [9.17, 15) is 12.8 Å². The fraction of sp³-hybridized carbons (Fsp3) is 0.300. The Bertz CT molecular complexity index is 1080. The van der Waals surface area contributed by atoms with E-state index < -0.39 is 15.9 Å². The third-order valence-corrected chi connectivity index (χ3v) is 5.58. The number of aromatic nitrogens is 3. The number of hydrogen-bond donors (Lipinski definition) is 1. The zero-order valence-corrected chi connectivity index (χ0v) is 17.1. The van der Waals surface area contributed by atoms with E-state index >= 15 is 0 Å². The third kappa shape index (κ3) is 4.80. The SMILES string of the molecule is CC(C)c1nc(CCN)n(Cc2ccncc2)c1S(=O)(=O)Oc1cccc(F)c1. The number of nitrogens with zero attached hydrogens (tertiary/aromatic N) is 3. The largest absolute Gasteiger partial charge is 0.378 e. The molecule has 0 spiro atoms. The highest BCUT2D eigenvalue weighted by molar-refractivity contribution is 7.87. The Morgan fingerprint density at radius 2 is 1.93 bits per heavy atom. The van der Waals surface area contributed by atoms with Crippen LogP contribution in [0, 0.1) is 5.82 Å². The first kappa shape index (κ1) is 20.9. The highest BCUT2D eigenvalue weighted by Gasteiger charge is 2.31. The van der Waals surface area contributed by atoms with E-state index in [0.29, 0.717) is 24.5 Å². The molecule has 2 heterocycles. The smallest absolute Gasteiger partial charge is 0.357 e. The van der Waals surface area contributed by atoms with Crippen LogP contribution in [0.1, 0.15) is 36.8 Å². The summed E-state index contributed by atoms with van der Waals surface area (Å²) in [5, 5.41) is -0.0444. The molecule has 7 nitrogen and oxygen atoms in total. The Labute approximate surface area is 169 Å². The normalized spacial score (nSPS) is 11.8. The van der Waals surface area contributed by atoms with Gasteiger partial charge in [-0.2, -0.15) is 8.42 Å². The molecule has 0 aliphatic heterocycles. The van der Waals surface area contributed by atoms with Gasteiger partial charge in [0.2, 0.25) is 0 Å². The van der Waals surface area contributed by atoms with Crippen LogP contribution in [0.15, 0.2) is 53.8 Å². The highest BCUT2D eigenvalue weighted by atomic mass is 32.2. The molecule has 0 radical (unpaired) electrons. The van der Waals surface area contributed by atoms with Crippen LogP contribution in [0.2, 0.25) is 0 Å². The Morgan fingerprint density at radius 3 is 2.55 bits per heavy atom. The molecule has 3 aromatic rings. The first-order chi connectivity index (χ1) is 13.8. The van der Waals surface area contributed by atoms with Crippen LogP contribution in [0.25, 0.3) is 0 Å². The van der Waals surface area contributed by atoms with Gasteiger partial charge in [0.05, 0.1) is 12.2 Å². The van der Waals surface area contributed by atoms with E-state index in [2.05, 4.69) is 9.97 Å². The van der Waals surface area contributed by atoms with Crippen LogP contribution in [-0.2, 0) is 23.1 Å². The van der Waals surface area contributed by atoms with Crippen LogP contribution in [0.4, 0.5) is 4.39 Å². The lowest BCUT2D eigenvalue weighted by Gasteiger charge is -2.14. The fourth-order valence-electron chi connectivity index (χ4n) is 2.98. The lowest BCUT2D eigenvalue weighted by molar-refractivity contribution is 0.468. The van der Waals surface area contributed by atoms with Crippen LogP contribution in [0.5, 0.6) is 5.75 Å². The molecule has 0 saturated heterocycles. The fourth-order valence-corrected chi connectivity index (χ4v) is 4.39. The average molecular weight is 418 g/mol. The summed E-state index contributed by atoms with van der Waals surface area (Å²) in [7, 11) is -4.28. The molecule has 0 aliphatic rings. The zero-order chi connectivity index (χ0) is 21.0. The van der Waals surface area contributed by atoms with E-state index in [1.54, 1.807) is 29.1 Å². The molecule has 0 amide bonds. The number of halogens is 1. The van der Waals surface area contributed by atoms with Gasteiger partial charge in [-0.25, -0.2) is 9.37 Å². The summed E-state index contributed by atoms with van der Waals surface area (Å²) in [6.45, 7) is 4.28. The van der Waals surface area contributed by atoms with E-state index in [0.717, 1.165) is 11.6 Å². The summed E-state index contributed by atoms with van der Waals surface area (Å²) >= 11 is 0. The Kier molecular flexibility index (Phi) is 6.29. The minimum absolute atomic E-state index is 0.0444. The third-order valence-electron chi connectivity index (χ3n) is 4.27. The van der Waals surface area contributed by atoms with Crippen LogP contribution in [-0.4, -0.2) is 29.5 Å². The number of pyridine rings is 1. The summed E-state index contributed by atoms with van der Waals surface area (Å²) in [6.07, 6.45) is 3.67. The van der Waals surface area contributed by atoms with Gasteiger partial charge in [-0.3, -0.25) is 4.98 Å². The average Bonchev–Trinajstić information content (AvgIpc) is 3.02. The summed E-state index contributed by atoms with van der Waals surface area (Å²) in [6, 6.07) is 8.61. The second kappa shape index (κ2) is 8.71. The predicted octanol–water partition coefficient (Wildman–Crippen LogP) is 2.86. The summed E-state index contributed by atoms with van der Waals surface area (Å²) in [5.74, 6) is -0.312. The molecule has 0 aliphatic carbocycles. The van der Waals surface area contributed by atoms with Crippen molar-refractivity contribution in [3.63, 3.8) is 0 Å². The molecular weight excluding hydrogens is 395 g/mol. The van der Waals surface area contributed by atoms with Crippen LogP contribution < -0.4 is 9.92 Å². The number of imidazole rings is 1. The van der Waals surface area contributed by atoms with Crippen molar-refractivity contribution in [1.82, 2.24) is 14.5 Å². The van der Waals surface area contributed by atoms with E-state index in [1.165, 1.54) is 18.2 Å². The second-order valence-electron chi connectivity index (χ2n) is 6.85. The molecule has 0 fully saturated rings. The summed E-state index contributed by atoms with van der Waals surface area (Å²) < 4.78 is 46.8. The second-order valence-corrected chi connectivity index (χ2v) is 8.31. The predicted molar refractivity (Wildman–Crippen MR) is 107 cm³/mol. The summed E-state index contributed by atoms with van der Waals surface area (Å²) in [5.41, 5.74) is 6.96. The molecule has 0 saturated carbocycles. The number of rotatable bonds is 8. The Hall–Kier alpha value is -2.78. The molecule has 0 bridgehead atoms. The molecule has 2 N–H and O–H groups in total. The molecule has 1 aromatic carbocycles. The lowest BCUT2D eigenvalue weighted by Crippen LogP contribution is -2.20. The zero-order valence-electron chi connectivity index (χ0n) is 16.2. The van der Waals surface area contributed by atoms with Gasteiger partial charge < -0.3 is 14.5 Å².